The first-order valence-corrected chi connectivity index (χ1v) is 10.4. The van der Waals surface area contributed by atoms with Crippen LogP contribution in [-0.4, -0.2) is 29.1 Å². The molecule has 1 amide bonds. The Balaban J connectivity index is 1.42. The van der Waals surface area contributed by atoms with E-state index in [0.717, 1.165) is 0 Å². The van der Waals surface area contributed by atoms with E-state index in [1.54, 1.807) is 65.6 Å². The molecule has 0 unspecified atom stereocenters. The van der Waals surface area contributed by atoms with E-state index in [2.05, 4.69) is 20.1 Å². The van der Waals surface area contributed by atoms with Crippen LogP contribution in [0, 0.1) is 0 Å². The molecule has 2 N–H and O–H groups in total. The largest absolute Gasteiger partial charge is 0.321 e. The number of amides is 1. The number of hydrogen-bond donors (Lipinski definition) is 2. The highest BCUT2D eigenvalue weighted by Crippen LogP contribution is 2.17. The van der Waals surface area contributed by atoms with Gasteiger partial charge in [0.15, 0.2) is 5.82 Å². The third-order valence-electron chi connectivity index (χ3n) is 4.20. The lowest BCUT2D eigenvalue weighted by Gasteiger charge is -2.09. The summed E-state index contributed by atoms with van der Waals surface area (Å²) < 4.78 is 28.8. The number of rotatable bonds is 6. The summed E-state index contributed by atoms with van der Waals surface area (Å²) in [5.74, 6) is 0.300. The van der Waals surface area contributed by atoms with Crippen LogP contribution >= 0.6 is 0 Å². The number of anilines is 2. The summed E-state index contributed by atoms with van der Waals surface area (Å²) in [6.45, 7) is 0. The summed E-state index contributed by atoms with van der Waals surface area (Å²) in [5, 5.41) is 6.85. The fourth-order valence-electron chi connectivity index (χ4n) is 2.71. The molecule has 2 aromatic carbocycles. The first kappa shape index (κ1) is 19.3. The fraction of sp³-hybridized carbons (Fsp3) is 0. The van der Waals surface area contributed by atoms with Crippen molar-refractivity contribution >= 4 is 27.3 Å². The topological polar surface area (TPSA) is 106 Å². The van der Waals surface area contributed by atoms with Gasteiger partial charge in [-0.2, -0.15) is 5.10 Å². The van der Waals surface area contributed by atoms with E-state index in [0.29, 0.717) is 22.8 Å². The van der Waals surface area contributed by atoms with Gasteiger partial charge < -0.3 is 5.32 Å². The molecule has 0 aliphatic carbocycles. The van der Waals surface area contributed by atoms with E-state index in [1.807, 2.05) is 0 Å². The van der Waals surface area contributed by atoms with E-state index in [9.17, 15) is 13.2 Å². The summed E-state index contributed by atoms with van der Waals surface area (Å²) in [6.07, 6.45) is 4.96. The van der Waals surface area contributed by atoms with E-state index in [-0.39, 0.29) is 10.8 Å². The number of carbonyl (C=O) groups excluding carboxylic acids is 1. The van der Waals surface area contributed by atoms with Crippen molar-refractivity contribution in [3.05, 3.63) is 97.0 Å². The second kappa shape index (κ2) is 8.18. The second-order valence-corrected chi connectivity index (χ2v) is 7.99. The van der Waals surface area contributed by atoms with Gasteiger partial charge in [0.2, 0.25) is 0 Å². The third-order valence-corrected chi connectivity index (χ3v) is 5.59. The van der Waals surface area contributed by atoms with Crippen molar-refractivity contribution in [2.45, 2.75) is 4.90 Å². The first-order valence-electron chi connectivity index (χ1n) is 8.97. The Kier molecular flexibility index (Phi) is 5.27. The van der Waals surface area contributed by atoms with Crippen molar-refractivity contribution in [2.24, 2.45) is 0 Å². The molecule has 0 bridgehead atoms. The molecule has 2 aromatic heterocycles. The van der Waals surface area contributed by atoms with Gasteiger partial charge in [0.1, 0.15) is 0 Å². The predicted octanol–water partition coefficient (Wildman–Crippen LogP) is 3.32. The molecule has 9 heteroatoms. The van der Waals surface area contributed by atoms with Crippen LogP contribution in [0.1, 0.15) is 10.4 Å². The van der Waals surface area contributed by atoms with Crippen LogP contribution in [0.25, 0.3) is 5.82 Å². The monoisotopic (exact) mass is 419 g/mol. The van der Waals surface area contributed by atoms with Crippen LogP contribution in [-0.2, 0) is 10.0 Å². The van der Waals surface area contributed by atoms with E-state index >= 15 is 0 Å². The molecule has 0 aliphatic rings. The average molecular weight is 419 g/mol. The molecule has 0 fully saturated rings. The first-order chi connectivity index (χ1) is 14.5. The fourth-order valence-corrected chi connectivity index (χ4v) is 3.79. The number of nitrogens with zero attached hydrogens (tertiary/aromatic N) is 3. The summed E-state index contributed by atoms with van der Waals surface area (Å²) in [4.78, 5) is 16.9. The van der Waals surface area contributed by atoms with Gasteiger partial charge in [0, 0.05) is 23.6 Å². The SMILES string of the molecule is O=C(Nc1ccc(-n2cccn2)nc1)c1ccc(NS(=O)(=O)c2ccccc2)cc1. The van der Waals surface area contributed by atoms with Gasteiger partial charge in [0.25, 0.3) is 15.9 Å². The maximum absolute atomic E-state index is 12.5. The number of hydrogen-bond acceptors (Lipinski definition) is 5. The standard InChI is InChI=1S/C21H17N5O3S/c27-21(24-18-11-12-20(22-15-18)26-14-4-13-23-26)16-7-9-17(10-8-16)25-30(28,29)19-5-2-1-3-6-19/h1-15,25H,(H,24,27). The van der Waals surface area contributed by atoms with E-state index in [1.165, 1.54) is 30.5 Å². The smallest absolute Gasteiger partial charge is 0.261 e. The molecule has 0 saturated carbocycles. The third kappa shape index (κ3) is 4.36. The van der Waals surface area contributed by atoms with Gasteiger partial charge in [-0.05, 0) is 54.6 Å². The summed E-state index contributed by atoms with van der Waals surface area (Å²) in [6, 6.07) is 19.5. The molecule has 0 saturated heterocycles. The zero-order chi connectivity index (χ0) is 21.0. The maximum atomic E-state index is 12.5. The molecule has 8 nitrogen and oxygen atoms in total. The summed E-state index contributed by atoms with van der Waals surface area (Å²) in [5.41, 5.74) is 1.28. The molecule has 4 rings (SSSR count). The Bertz CT molecular complexity index is 1240. The highest BCUT2D eigenvalue weighted by Gasteiger charge is 2.14. The van der Waals surface area contributed by atoms with Gasteiger partial charge in [-0.3, -0.25) is 9.52 Å². The zero-order valence-electron chi connectivity index (χ0n) is 15.6. The number of nitrogens with one attached hydrogen (secondary N) is 2. The summed E-state index contributed by atoms with van der Waals surface area (Å²) in [7, 11) is -3.68. The molecule has 30 heavy (non-hydrogen) atoms. The van der Waals surface area contributed by atoms with Crippen molar-refractivity contribution in [2.75, 3.05) is 10.0 Å². The highest BCUT2D eigenvalue weighted by atomic mass is 32.2. The lowest BCUT2D eigenvalue weighted by atomic mass is 10.2. The van der Waals surface area contributed by atoms with Gasteiger partial charge in [-0.1, -0.05) is 18.2 Å². The minimum atomic E-state index is -3.68. The van der Waals surface area contributed by atoms with Gasteiger partial charge in [0.05, 0.1) is 16.8 Å². The minimum Gasteiger partial charge on any atom is -0.321 e. The molecule has 0 atom stereocenters. The number of benzene rings is 2. The van der Waals surface area contributed by atoms with E-state index in [4.69, 9.17) is 0 Å². The molecular formula is C21H17N5O3S. The van der Waals surface area contributed by atoms with Gasteiger partial charge in [-0.15, -0.1) is 0 Å². The molecule has 0 spiro atoms. The maximum Gasteiger partial charge on any atom is 0.261 e. The Morgan fingerprint density at radius 2 is 1.60 bits per heavy atom. The van der Waals surface area contributed by atoms with Crippen molar-refractivity contribution in [1.29, 1.82) is 0 Å². The number of aromatic nitrogens is 3. The molecular weight excluding hydrogens is 402 g/mol. The van der Waals surface area contributed by atoms with Gasteiger partial charge in [-0.25, -0.2) is 18.1 Å². The van der Waals surface area contributed by atoms with Crippen LogP contribution in [0.3, 0.4) is 0 Å². The Hall–Kier alpha value is -3.98. The zero-order valence-corrected chi connectivity index (χ0v) is 16.5. The molecule has 0 radical (unpaired) electrons. The lowest BCUT2D eigenvalue weighted by molar-refractivity contribution is 0.102. The normalized spacial score (nSPS) is 11.1. The van der Waals surface area contributed by atoms with Crippen LogP contribution in [0.15, 0.2) is 96.3 Å². The minimum absolute atomic E-state index is 0.165. The van der Waals surface area contributed by atoms with E-state index < -0.39 is 10.0 Å². The Morgan fingerprint density at radius 1 is 0.867 bits per heavy atom. The van der Waals surface area contributed by atoms with Crippen molar-refractivity contribution in [3.63, 3.8) is 0 Å². The van der Waals surface area contributed by atoms with Crippen LogP contribution < -0.4 is 10.0 Å². The Labute approximate surface area is 173 Å². The molecule has 4 aromatic rings. The van der Waals surface area contributed by atoms with Crippen LogP contribution in [0.2, 0.25) is 0 Å². The highest BCUT2D eigenvalue weighted by molar-refractivity contribution is 7.92. The molecule has 0 aliphatic heterocycles. The van der Waals surface area contributed by atoms with Crippen LogP contribution in [0.4, 0.5) is 11.4 Å². The molecule has 150 valence electrons. The van der Waals surface area contributed by atoms with Gasteiger partial charge >= 0.3 is 0 Å². The predicted molar refractivity (Wildman–Crippen MR) is 113 cm³/mol. The molecule has 2 heterocycles. The van der Waals surface area contributed by atoms with Crippen LogP contribution in [0.5, 0.6) is 0 Å². The number of sulfonamides is 1. The quantitative estimate of drug-likeness (QED) is 0.499. The average Bonchev–Trinajstić information content (AvgIpc) is 3.30. The van der Waals surface area contributed by atoms with Crippen molar-refractivity contribution < 1.29 is 13.2 Å². The summed E-state index contributed by atoms with van der Waals surface area (Å²) >= 11 is 0. The Morgan fingerprint density at radius 3 is 2.23 bits per heavy atom. The number of carbonyl (C=O) groups is 1. The van der Waals surface area contributed by atoms with Crippen molar-refractivity contribution in [1.82, 2.24) is 14.8 Å². The lowest BCUT2D eigenvalue weighted by Crippen LogP contribution is -2.14. The second-order valence-electron chi connectivity index (χ2n) is 6.31. The van der Waals surface area contributed by atoms with Crippen molar-refractivity contribution in [3.8, 4) is 5.82 Å². The number of pyridine rings is 1.